The Bertz CT molecular complexity index is 831. The lowest BCUT2D eigenvalue weighted by atomic mass is 9.61. The van der Waals surface area contributed by atoms with Gasteiger partial charge in [0.05, 0.1) is 13.2 Å². The standard InChI is InChI=1S/C22H23NO4/c24-21(25-14-15-6-2-1-3-7-15)23-20-12-19-17-9-5-4-8-16(17)18(20)13-22(19)26-10-11-27-22/h1-9,18-20H,10-14H2,(H,23,24)/t18-,19+,20+/m1/s1. The Morgan fingerprint density at radius 2 is 1.74 bits per heavy atom. The summed E-state index contributed by atoms with van der Waals surface area (Å²) in [7, 11) is 0. The number of hydrogen-bond acceptors (Lipinski definition) is 4. The monoisotopic (exact) mass is 365 g/mol. The molecule has 2 aromatic carbocycles. The van der Waals surface area contributed by atoms with Crippen LogP contribution in [0.15, 0.2) is 54.6 Å². The van der Waals surface area contributed by atoms with Gasteiger partial charge in [0.2, 0.25) is 0 Å². The highest BCUT2D eigenvalue weighted by atomic mass is 16.7. The van der Waals surface area contributed by atoms with Crippen molar-refractivity contribution in [1.29, 1.82) is 0 Å². The molecule has 5 heteroatoms. The highest BCUT2D eigenvalue weighted by molar-refractivity contribution is 5.68. The molecule has 0 aromatic heterocycles. The molecule has 1 saturated carbocycles. The van der Waals surface area contributed by atoms with Crippen LogP contribution >= 0.6 is 0 Å². The van der Waals surface area contributed by atoms with Crippen LogP contribution in [0.3, 0.4) is 0 Å². The van der Waals surface area contributed by atoms with E-state index in [0.717, 1.165) is 18.4 Å². The van der Waals surface area contributed by atoms with Crippen LogP contribution in [0, 0.1) is 0 Å². The van der Waals surface area contributed by atoms with Crippen LogP contribution in [0.1, 0.15) is 41.4 Å². The molecule has 2 fully saturated rings. The molecular formula is C22H23NO4. The first-order valence-electron chi connectivity index (χ1n) is 9.59. The third-order valence-electron chi connectivity index (χ3n) is 6.07. The number of benzene rings is 2. The molecule has 1 heterocycles. The van der Waals surface area contributed by atoms with Crippen LogP contribution in [0.4, 0.5) is 4.79 Å². The number of carbonyl (C=O) groups excluding carboxylic acids is 1. The maximum absolute atomic E-state index is 12.4. The number of nitrogens with one attached hydrogen (secondary N) is 1. The van der Waals surface area contributed by atoms with Crippen LogP contribution in [0.2, 0.25) is 0 Å². The van der Waals surface area contributed by atoms with Crippen molar-refractivity contribution < 1.29 is 19.0 Å². The van der Waals surface area contributed by atoms with Gasteiger partial charge in [-0.25, -0.2) is 4.79 Å². The summed E-state index contributed by atoms with van der Waals surface area (Å²) in [6.45, 7) is 1.56. The van der Waals surface area contributed by atoms with Crippen molar-refractivity contribution in [3.63, 3.8) is 0 Å². The van der Waals surface area contributed by atoms with Crippen molar-refractivity contribution in [1.82, 2.24) is 5.32 Å². The smallest absolute Gasteiger partial charge is 0.407 e. The summed E-state index contributed by atoms with van der Waals surface area (Å²) >= 11 is 0. The Balaban J connectivity index is 1.31. The predicted octanol–water partition coefficient (Wildman–Crippen LogP) is 3.70. The fourth-order valence-electron chi connectivity index (χ4n) is 4.91. The average Bonchev–Trinajstić information content (AvgIpc) is 3.17. The fourth-order valence-corrected chi connectivity index (χ4v) is 4.91. The Kier molecular flexibility index (Phi) is 4.14. The van der Waals surface area contributed by atoms with Crippen LogP contribution in [-0.2, 0) is 20.8 Å². The molecule has 3 aliphatic carbocycles. The second-order valence-corrected chi connectivity index (χ2v) is 7.55. The topological polar surface area (TPSA) is 56.8 Å². The Hall–Kier alpha value is -2.37. The van der Waals surface area contributed by atoms with Gasteiger partial charge < -0.3 is 19.5 Å². The van der Waals surface area contributed by atoms with Crippen LogP contribution < -0.4 is 5.32 Å². The van der Waals surface area contributed by atoms with E-state index in [1.165, 1.54) is 11.1 Å². The van der Waals surface area contributed by atoms with Gasteiger partial charge in [-0.05, 0) is 23.1 Å². The minimum Gasteiger partial charge on any atom is -0.445 e. The lowest BCUT2D eigenvalue weighted by Crippen LogP contribution is -2.56. The summed E-state index contributed by atoms with van der Waals surface area (Å²) < 4.78 is 17.6. The molecule has 6 rings (SSSR count). The minimum atomic E-state index is -0.523. The first-order chi connectivity index (χ1) is 13.3. The minimum absolute atomic E-state index is 0.0339. The zero-order chi connectivity index (χ0) is 18.3. The van der Waals surface area contributed by atoms with Gasteiger partial charge in [-0.15, -0.1) is 0 Å². The molecule has 1 N–H and O–H groups in total. The number of rotatable bonds is 3. The normalized spacial score (nSPS) is 27.3. The third kappa shape index (κ3) is 2.91. The molecule has 4 aliphatic rings. The van der Waals surface area contributed by atoms with Gasteiger partial charge >= 0.3 is 6.09 Å². The summed E-state index contributed by atoms with van der Waals surface area (Å²) in [5, 5.41) is 3.10. The lowest BCUT2D eigenvalue weighted by molar-refractivity contribution is -0.203. The van der Waals surface area contributed by atoms with Gasteiger partial charge in [0.15, 0.2) is 5.79 Å². The average molecular weight is 365 g/mol. The third-order valence-corrected chi connectivity index (χ3v) is 6.07. The molecule has 140 valence electrons. The van der Waals surface area contributed by atoms with Crippen molar-refractivity contribution in [3.05, 3.63) is 71.3 Å². The highest BCUT2D eigenvalue weighted by Gasteiger charge is 2.57. The zero-order valence-electron chi connectivity index (χ0n) is 15.1. The lowest BCUT2D eigenvalue weighted by Gasteiger charge is -2.52. The largest absolute Gasteiger partial charge is 0.445 e. The second kappa shape index (κ2) is 6.66. The molecule has 2 bridgehead atoms. The molecular weight excluding hydrogens is 342 g/mol. The SMILES string of the molecule is O=C(N[C@H]1C[C@H]2c3ccccc3[C@H]1CC21OCCO1)OCc1ccccc1. The summed E-state index contributed by atoms with van der Waals surface area (Å²) in [6, 6.07) is 18.2. The molecule has 3 atom stereocenters. The van der Waals surface area contributed by atoms with Crippen LogP contribution in [0.5, 0.6) is 0 Å². The number of ether oxygens (including phenoxy) is 3. The molecule has 1 saturated heterocycles. The van der Waals surface area contributed by atoms with E-state index in [9.17, 15) is 4.79 Å². The van der Waals surface area contributed by atoms with Crippen LogP contribution in [0.25, 0.3) is 0 Å². The van der Waals surface area contributed by atoms with Gasteiger partial charge in [-0.1, -0.05) is 54.6 Å². The van der Waals surface area contributed by atoms with E-state index in [0.29, 0.717) is 13.2 Å². The number of alkyl carbamates (subject to hydrolysis) is 1. The Morgan fingerprint density at radius 3 is 2.52 bits per heavy atom. The summed E-state index contributed by atoms with van der Waals surface area (Å²) in [5.41, 5.74) is 3.58. The van der Waals surface area contributed by atoms with Gasteiger partial charge in [0, 0.05) is 24.3 Å². The number of amides is 1. The van der Waals surface area contributed by atoms with Gasteiger partial charge in [-0.2, -0.15) is 0 Å². The van der Waals surface area contributed by atoms with Gasteiger partial charge in [0.25, 0.3) is 0 Å². The molecule has 2 aromatic rings. The van der Waals surface area contributed by atoms with Crippen LogP contribution in [-0.4, -0.2) is 31.1 Å². The predicted molar refractivity (Wildman–Crippen MR) is 99.3 cm³/mol. The molecule has 1 amide bonds. The van der Waals surface area contributed by atoms with E-state index in [4.69, 9.17) is 14.2 Å². The van der Waals surface area contributed by atoms with E-state index in [1.807, 2.05) is 30.3 Å². The summed E-state index contributed by atoms with van der Waals surface area (Å²) in [4.78, 5) is 12.4. The van der Waals surface area contributed by atoms with Gasteiger partial charge in [0.1, 0.15) is 6.61 Å². The summed E-state index contributed by atoms with van der Waals surface area (Å²) in [5.74, 6) is -0.209. The quantitative estimate of drug-likeness (QED) is 0.901. The first kappa shape index (κ1) is 16.8. The molecule has 1 spiro atoms. The maximum Gasteiger partial charge on any atom is 0.407 e. The van der Waals surface area contributed by atoms with E-state index in [1.54, 1.807) is 0 Å². The highest BCUT2D eigenvalue weighted by Crippen LogP contribution is 2.57. The second-order valence-electron chi connectivity index (χ2n) is 7.55. The van der Waals surface area contributed by atoms with E-state index < -0.39 is 5.79 Å². The molecule has 1 aliphatic heterocycles. The molecule has 0 unspecified atom stereocenters. The number of fused-ring (bicyclic) bond motifs is 1. The number of carbonyl (C=O) groups is 1. The van der Waals surface area contributed by atoms with E-state index >= 15 is 0 Å². The molecule has 0 radical (unpaired) electrons. The zero-order valence-corrected chi connectivity index (χ0v) is 15.1. The van der Waals surface area contributed by atoms with E-state index in [2.05, 4.69) is 29.6 Å². The number of hydrogen-bond donors (Lipinski definition) is 1. The van der Waals surface area contributed by atoms with Crippen molar-refractivity contribution >= 4 is 6.09 Å². The van der Waals surface area contributed by atoms with Crippen molar-refractivity contribution in [2.45, 2.75) is 43.1 Å². The summed E-state index contributed by atoms with van der Waals surface area (Å²) in [6.07, 6.45) is 1.22. The first-order valence-corrected chi connectivity index (χ1v) is 9.59. The van der Waals surface area contributed by atoms with Crippen molar-refractivity contribution in [2.75, 3.05) is 13.2 Å². The molecule has 27 heavy (non-hydrogen) atoms. The van der Waals surface area contributed by atoms with Crippen molar-refractivity contribution in [2.24, 2.45) is 0 Å². The Morgan fingerprint density at radius 1 is 1.04 bits per heavy atom. The van der Waals surface area contributed by atoms with E-state index in [-0.39, 0.29) is 30.6 Å². The molecule has 5 nitrogen and oxygen atoms in total. The Labute approximate surface area is 158 Å². The van der Waals surface area contributed by atoms with Crippen molar-refractivity contribution in [3.8, 4) is 0 Å². The fraction of sp³-hybridized carbons (Fsp3) is 0.409. The maximum atomic E-state index is 12.4. The van der Waals surface area contributed by atoms with Gasteiger partial charge in [-0.3, -0.25) is 0 Å².